The molecule has 0 saturated carbocycles. The van der Waals surface area contributed by atoms with Gasteiger partial charge in [0.25, 0.3) is 0 Å². The van der Waals surface area contributed by atoms with Gasteiger partial charge >= 0.3 is 0 Å². The molecule has 0 atom stereocenters. The normalized spacial score (nSPS) is 17.0. The maximum absolute atomic E-state index is 6.54. The molecule has 4 N–H and O–H groups in total. The fourth-order valence-electron chi connectivity index (χ4n) is 0.0379. The van der Waals surface area contributed by atoms with Crippen LogP contribution >= 0.6 is 0 Å². The fourth-order valence-corrected chi connectivity index (χ4v) is 0.0379. The molecule has 6 heteroatoms. The molecule has 0 unspecified atom stereocenters. The summed E-state index contributed by atoms with van der Waals surface area (Å²) in [6.45, 7) is 0. The van der Waals surface area contributed by atoms with Crippen LogP contribution in [0.2, 0.25) is 4.24 Å². The summed E-state index contributed by atoms with van der Waals surface area (Å²) in [5, 5.41) is 8.48. The third kappa shape index (κ3) is 2.80. The van der Waals surface area contributed by atoms with E-state index in [1.807, 2.05) is 0 Å². The number of hydrogen-bond acceptors (Lipinski definition) is 4. The van der Waals surface area contributed by atoms with E-state index in [-0.39, 0.29) is 5.53 Å². The smallest absolute Gasteiger partial charge is 0.218 e. The maximum atomic E-state index is 6.54. The molecule has 0 aromatic carbocycles. The molecule has 0 aromatic rings. The van der Waals surface area contributed by atoms with Crippen LogP contribution in [0.5, 0.6) is 0 Å². The standard InChI is InChI=1S/H4N6/c1-3-5-6-4-2/h(H2,1,4,5)(H2,2,3,6)/i/hD3. The van der Waals surface area contributed by atoms with Gasteiger partial charge in [0.15, 0.2) is 1.41 Å². The van der Waals surface area contributed by atoms with Crippen molar-refractivity contribution in [3.05, 3.63) is 0 Å². The van der Waals surface area contributed by atoms with E-state index in [1.165, 1.54) is 0 Å². The molecule has 0 rings (SSSR count). The largest absolute Gasteiger partial charge is 0.303 e. The van der Waals surface area contributed by atoms with Gasteiger partial charge in [-0.05, 0) is 5.22 Å². The molecule has 0 amide bonds. The topological polar surface area (TPSA) is 99.0 Å². The van der Waals surface area contributed by atoms with Crippen LogP contribution in [0.4, 0.5) is 0 Å². The Balaban J connectivity index is 3.48. The molecule has 0 aliphatic carbocycles. The highest BCUT2D eigenvalue weighted by molar-refractivity contribution is 3.96. The molecule has 0 saturated heterocycles. The van der Waals surface area contributed by atoms with Crippen molar-refractivity contribution in [1.82, 2.24) is 5.53 Å². The Hall–Kier alpha value is -1.20. The summed E-state index contributed by atoms with van der Waals surface area (Å²) >= 11 is 0. The predicted molar refractivity (Wildman–Crippen MR) is 17.3 cm³/mol. The second-order valence-corrected chi connectivity index (χ2v) is 0.368. The first-order valence-corrected chi connectivity index (χ1v) is 1.02. The Morgan fingerprint density at radius 2 is 3.33 bits per heavy atom. The van der Waals surface area contributed by atoms with Gasteiger partial charge in [-0.15, -0.1) is 0 Å². The summed E-state index contributed by atoms with van der Waals surface area (Å²) in [4.78, 5) is 0. The molecule has 34 valence electrons. The van der Waals surface area contributed by atoms with Gasteiger partial charge in [-0.3, -0.25) is 0 Å². The average Bonchev–Trinajstić information content (AvgIpc) is 1.85. The third-order valence-electron chi connectivity index (χ3n) is 0.125. The number of nitrogens with two attached hydrogens (primary N) is 1. The minimum Gasteiger partial charge on any atom is -0.303 e. The highest BCUT2D eigenvalue weighted by Gasteiger charge is 1.53. The van der Waals surface area contributed by atoms with Crippen LogP contribution in [0.15, 0.2) is 15.7 Å². The third-order valence-corrected chi connectivity index (χ3v) is 0.125. The van der Waals surface area contributed by atoms with Crippen LogP contribution in [0.1, 0.15) is 0 Å². The predicted octanol–water partition coefficient (Wildman–Crippen LogP) is -0.237. The summed E-state index contributed by atoms with van der Waals surface area (Å²) in [7, 11) is 0. The lowest BCUT2D eigenvalue weighted by molar-refractivity contribution is 0.661. The molecule has 0 fully saturated rings. The van der Waals surface area contributed by atoms with Gasteiger partial charge in [0, 0.05) is 0 Å². The monoisotopic (exact) mass is 91.1 g/mol. The Labute approximate surface area is 38.2 Å². The molecule has 0 radical (unpaired) electrons. The first-order chi connectivity index (χ1) is 4.31. The Kier molecular flexibility index (Phi) is 0.949. The molecular weight excluding hydrogens is 84.0 g/mol. The molecular formula is H4N6. The van der Waals surface area contributed by atoms with Crippen molar-refractivity contribution in [2.75, 3.05) is 0 Å². The molecule has 0 aliphatic rings. The van der Waals surface area contributed by atoms with E-state index in [0.29, 0.717) is 0 Å². The van der Waals surface area contributed by atoms with Gasteiger partial charge in [0.05, 0.1) is 0 Å². The number of nitrogens with zero attached hydrogens (tertiary/aromatic N) is 3. The summed E-state index contributed by atoms with van der Waals surface area (Å²) in [5.74, 6) is 1.54. The van der Waals surface area contributed by atoms with Crippen molar-refractivity contribution in [2.24, 2.45) is 21.5 Å². The van der Waals surface area contributed by atoms with E-state index < -0.39 is 0 Å². The Morgan fingerprint density at radius 3 is 4.00 bits per heavy atom. The van der Waals surface area contributed by atoms with Crippen LogP contribution in [0.25, 0.3) is 0 Å². The molecule has 0 heterocycles. The molecule has 0 bridgehead atoms. The van der Waals surface area contributed by atoms with Crippen molar-refractivity contribution < 1.29 is 4.24 Å². The molecule has 6 heavy (non-hydrogen) atoms. The number of rotatable bonds is 3. The van der Waals surface area contributed by atoms with Crippen molar-refractivity contribution in [3.63, 3.8) is 0 Å². The zero-order valence-electron chi connectivity index (χ0n) is 5.74. The second-order valence-electron chi connectivity index (χ2n) is 0.368. The van der Waals surface area contributed by atoms with E-state index in [9.17, 15) is 0 Å². The minimum atomic E-state index is 0.189. The van der Waals surface area contributed by atoms with Crippen molar-refractivity contribution in [2.45, 2.75) is 0 Å². The van der Waals surface area contributed by atoms with Gasteiger partial charge < -0.3 is 5.84 Å². The average molecular weight is 91.1 g/mol. The zero-order valence-corrected chi connectivity index (χ0v) is 2.74. The van der Waals surface area contributed by atoms with Crippen molar-refractivity contribution >= 4 is 0 Å². The van der Waals surface area contributed by atoms with E-state index >= 15 is 0 Å². The number of nitrogens with one attached hydrogen (secondary N) is 2. The van der Waals surface area contributed by atoms with Gasteiger partial charge in [0.1, 0.15) is 0 Å². The van der Waals surface area contributed by atoms with Crippen molar-refractivity contribution in [1.29, 1.82) is 5.52 Å². The lowest BCUT2D eigenvalue weighted by Crippen LogP contribution is -1.90. The maximum Gasteiger partial charge on any atom is 0.218 e. The van der Waals surface area contributed by atoms with Gasteiger partial charge in [-0.2, -0.15) is 11.1 Å². The first kappa shape index (κ1) is 1.50. The van der Waals surface area contributed by atoms with Gasteiger partial charge in [-0.1, -0.05) is 10.4 Å². The first-order valence-electron chi connectivity index (χ1n) is 2.42. The molecule has 0 spiro atoms. The molecule has 6 nitrogen and oxygen atoms in total. The van der Waals surface area contributed by atoms with E-state index in [2.05, 4.69) is 21.2 Å². The lowest BCUT2D eigenvalue weighted by atomic mass is 12.4. The SMILES string of the molecule is [2H]N=NN([2H])/N=N/N[2H]. The van der Waals surface area contributed by atoms with Crippen LogP contribution in [-0.2, 0) is 0 Å². The van der Waals surface area contributed by atoms with Crippen molar-refractivity contribution in [3.8, 4) is 0 Å². The summed E-state index contributed by atoms with van der Waals surface area (Å²) in [6.07, 6.45) is 0. The molecule has 0 aliphatic heterocycles. The van der Waals surface area contributed by atoms with Gasteiger partial charge in [-0.25, -0.2) is 0 Å². The van der Waals surface area contributed by atoms with Crippen LogP contribution in [0.3, 0.4) is 0 Å². The Morgan fingerprint density at radius 1 is 2.33 bits per heavy atom. The summed E-state index contributed by atoms with van der Waals surface area (Å²) < 4.78 is 18.8. The van der Waals surface area contributed by atoms with Crippen LogP contribution < -0.4 is 11.4 Å². The summed E-state index contributed by atoms with van der Waals surface area (Å²) in [5.41, 5.74) is 2.65. The van der Waals surface area contributed by atoms with Crippen LogP contribution in [0, 0.1) is 5.52 Å². The fraction of sp³-hybridized carbons (Fsp3) is 0. The van der Waals surface area contributed by atoms with E-state index in [1.54, 1.807) is 5.84 Å². The Bertz CT molecular complexity index is 107. The minimum absolute atomic E-state index is 0.189. The zero-order chi connectivity index (χ0) is 7.11. The van der Waals surface area contributed by atoms with E-state index in [4.69, 9.17) is 4.24 Å². The quantitative estimate of drug-likeness (QED) is 0.254. The number of hydrogen-bond donors (Lipinski definition) is 3. The van der Waals surface area contributed by atoms with Gasteiger partial charge in [0.2, 0.25) is 2.82 Å². The summed E-state index contributed by atoms with van der Waals surface area (Å²) in [6, 6.07) is 0. The lowest BCUT2D eigenvalue weighted by Gasteiger charge is -1.73. The molecule has 0 aromatic heterocycles. The van der Waals surface area contributed by atoms with Crippen LogP contribution in [-0.4, -0.2) is 0 Å². The highest BCUT2D eigenvalue weighted by atomic mass is 15.6. The second kappa shape index (κ2) is 3.80. The highest BCUT2D eigenvalue weighted by Crippen LogP contribution is 1.53. The van der Waals surface area contributed by atoms with E-state index in [0.717, 1.165) is 0 Å².